The number of halogens is 2. The molecule has 2 unspecified atom stereocenters. The van der Waals surface area contributed by atoms with Gasteiger partial charge in [-0.2, -0.15) is 0 Å². The molecule has 1 fully saturated rings. The highest BCUT2D eigenvalue weighted by atomic mass is 79.9. The molecule has 2 amide bonds. The van der Waals surface area contributed by atoms with Gasteiger partial charge in [0.05, 0.1) is 4.47 Å². The van der Waals surface area contributed by atoms with Gasteiger partial charge in [0.2, 0.25) is 11.8 Å². The van der Waals surface area contributed by atoms with Crippen LogP contribution in [0.15, 0.2) is 22.7 Å². The van der Waals surface area contributed by atoms with Gasteiger partial charge in [0.25, 0.3) is 0 Å². The molecule has 1 aromatic rings. The molecule has 1 N–H and O–H groups in total. The van der Waals surface area contributed by atoms with Gasteiger partial charge in [0, 0.05) is 6.54 Å². The highest BCUT2D eigenvalue weighted by molar-refractivity contribution is 9.10. The Labute approximate surface area is 131 Å². The van der Waals surface area contributed by atoms with Crippen molar-refractivity contribution in [3.63, 3.8) is 0 Å². The Kier molecular flexibility index (Phi) is 4.37. The van der Waals surface area contributed by atoms with Gasteiger partial charge in [-0.15, -0.1) is 0 Å². The maximum atomic E-state index is 13.3. The highest BCUT2D eigenvalue weighted by Gasteiger charge is 2.45. The summed E-state index contributed by atoms with van der Waals surface area (Å²) in [4.78, 5) is 26.2. The highest BCUT2D eigenvalue weighted by Crippen LogP contribution is 2.24. The van der Waals surface area contributed by atoms with E-state index in [1.807, 2.05) is 6.92 Å². The van der Waals surface area contributed by atoms with Crippen molar-refractivity contribution in [1.29, 1.82) is 0 Å². The molecule has 1 aliphatic rings. The van der Waals surface area contributed by atoms with Crippen LogP contribution in [0.2, 0.25) is 0 Å². The number of benzene rings is 1. The number of piperazine rings is 1. The molecule has 0 bridgehead atoms. The van der Waals surface area contributed by atoms with Crippen LogP contribution in [-0.4, -0.2) is 28.3 Å². The molecule has 0 aromatic heterocycles. The fourth-order valence-electron chi connectivity index (χ4n) is 2.35. The van der Waals surface area contributed by atoms with Crippen molar-refractivity contribution >= 4 is 27.7 Å². The Morgan fingerprint density at radius 2 is 2.10 bits per heavy atom. The van der Waals surface area contributed by atoms with Crippen molar-refractivity contribution in [2.24, 2.45) is 0 Å². The van der Waals surface area contributed by atoms with Crippen molar-refractivity contribution in [1.82, 2.24) is 10.2 Å². The first-order valence-corrected chi connectivity index (χ1v) is 7.65. The minimum atomic E-state index is -0.874. The van der Waals surface area contributed by atoms with Gasteiger partial charge < -0.3 is 10.2 Å². The second kappa shape index (κ2) is 5.75. The number of amides is 2. The zero-order valence-electron chi connectivity index (χ0n) is 12.2. The first-order valence-electron chi connectivity index (χ1n) is 6.85. The summed E-state index contributed by atoms with van der Waals surface area (Å²) < 4.78 is 13.6. The molecule has 4 nitrogen and oxygen atoms in total. The van der Waals surface area contributed by atoms with Gasteiger partial charge >= 0.3 is 0 Å². The second-order valence-corrected chi connectivity index (χ2v) is 6.39. The van der Waals surface area contributed by atoms with Crippen molar-refractivity contribution in [2.45, 2.75) is 45.3 Å². The van der Waals surface area contributed by atoms with Crippen molar-refractivity contribution < 1.29 is 14.0 Å². The molecular formula is C15H18BrFN2O2. The van der Waals surface area contributed by atoms with Crippen LogP contribution in [0.4, 0.5) is 4.39 Å². The molecule has 2 atom stereocenters. The minimum Gasteiger partial charge on any atom is -0.340 e. The third kappa shape index (κ3) is 2.95. The van der Waals surface area contributed by atoms with Gasteiger partial charge in [-0.05, 0) is 53.9 Å². The lowest BCUT2D eigenvalue weighted by Crippen LogP contribution is -2.68. The molecule has 1 heterocycles. The van der Waals surface area contributed by atoms with E-state index in [0.29, 0.717) is 10.9 Å². The second-order valence-electron chi connectivity index (χ2n) is 5.53. The lowest BCUT2D eigenvalue weighted by molar-refractivity contribution is -0.154. The van der Waals surface area contributed by atoms with Crippen LogP contribution < -0.4 is 5.32 Å². The van der Waals surface area contributed by atoms with Crippen LogP contribution in [0.3, 0.4) is 0 Å². The maximum absolute atomic E-state index is 13.3. The van der Waals surface area contributed by atoms with Crippen LogP contribution in [-0.2, 0) is 16.1 Å². The lowest BCUT2D eigenvalue weighted by Gasteiger charge is -2.43. The van der Waals surface area contributed by atoms with Crippen LogP contribution >= 0.6 is 15.9 Å². The number of hydrogen-bond acceptors (Lipinski definition) is 2. The van der Waals surface area contributed by atoms with E-state index in [4.69, 9.17) is 0 Å². The standard InChI is InChI=1S/C15H18BrFN2O2/c1-4-15(3)14(21)19(9(2)13(20)18-15)8-10-5-6-12(17)11(16)7-10/h5-7,9H,4,8H2,1-3H3,(H,18,20). The number of nitrogens with zero attached hydrogens (tertiary/aromatic N) is 1. The van der Waals surface area contributed by atoms with E-state index in [1.54, 1.807) is 30.9 Å². The summed E-state index contributed by atoms with van der Waals surface area (Å²) >= 11 is 3.13. The zero-order chi connectivity index (χ0) is 15.8. The third-order valence-corrected chi connectivity index (χ3v) is 4.63. The molecule has 0 spiro atoms. The molecule has 6 heteroatoms. The van der Waals surface area contributed by atoms with Crippen molar-refractivity contribution in [3.05, 3.63) is 34.1 Å². The van der Waals surface area contributed by atoms with Crippen molar-refractivity contribution in [2.75, 3.05) is 0 Å². The third-order valence-electron chi connectivity index (χ3n) is 4.02. The monoisotopic (exact) mass is 356 g/mol. The zero-order valence-corrected chi connectivity index (χ0v) is 13.8. The van der Waals surface area contributed by atoms with E-state index >= 15 is 0 Å². The Hall–Kier alpha value is -1.43. The number of carbonyl (C=O) groups is 2. The molecule has 1 aromatic carbocycles. The number of nitrogens with one attached hydrogen (secondary N) is 1. The number of carbonyl (C=O) groups excluding carboxylic acids is 2. The Bertz CT molecular complexity index is 593. The van der Waals surface area contributed by atoms with E-state index in [9.17, 15) is 14.0 Å². The van der Waals surface area contributed by atoms with Gasteiger partial charge in [-0.3, -0.25) is 9.59 Å². The first-order chi connectivity index (χ1) is 9.78. The summed E-state index contributed by atoms with van der Waals surface area (Å²) in [6.07, 6.45) is 0.522. The quantitative estimate of drug-likeness (QED) is 0.904. The molecule has 0 saturated carbocycles. The summed E-state index contributed by atoms with van der Waals surface area (Å²) in [5.41, 5.74) is -0.0995. The molecular weight excluding hydrogens is 339 g/mol. The van der Waals surface area contributed by atoms with E-state index in [-0.39, 0.29) is 24.2 Å². The van der Waals surface area contributed by atoms with E-state index in [0.717, 1.165) is 5.56 Å². The molecule has 1 aliphatic heterocycles. The average molecular weight is 357 g/mol. The summed E-state index contributed by atoms with van der Waals surface area (Å²) in [6.45, 7) is 5.57. The van der Waals surface area contributed by atoms with E-state index in [2.05, 4.69) is 21.2 Å². The Morgan fingerprint density at radius 1 is 1.43 bits per heavy atom. The van der Waals surface area contributed by atoms with Crippen LogP contribution in [0, 0.1) is 5.82 Å². The predicted octanol–water partition coefficient (Wildman–Crippen LogP) is 2.60. The molecule has 21 heavy (non-hydrogen) atoms. The van der Waals surface area contributed by atoms with Crippen LogP contribution in [0.1, 0.15) is 32.8 Å². The number of hydrogen-bond donors (Lipinski definition) is 1. The Morgan fingerprint density at radius 3 is 2.67 bits per heavy atom. The Balaban J connectivity index is 2.29. The van der Waals surface area contributed by atoms with Gasteiger partial charge in [-0.25, -0.2) is 4.39 Å². The molecule has 2 rings (SSSR count). The van der Waals surface area contributed by atoms with E-state index < -0.39 is 11.6 Å². The fraction of sp³-hybridized carbons (Fsp3) is 0.467. The summed E-state index contributed by atoms with van der Waals surface area (Å²) in [5, 5.41) is 2.78. The molecule has 1 saturated heterocycles. The largest absolute Gasteiger partial charge is 0.340 e. The minimum absolute atomic E-state index is 0.113. The topological polar surface area (TPSA) is 49.4 Å². The first kappa shape index (κ1) is 15.9. The SMILES string of the molecule is CCC1(C)NC(=O)C(C)N(Cc2ccc(F)c(Br)c2)C1=O. The summed E-state index contributed by atoms with van der Waals surface area (Å²) in [6, 6.07) is 4.06. The summed E-state index contributed by atoms with van der Waals surface area (Å²) in [5.74, 6) is -0.634. The van der Waals surface area contributed by atoms with Crippen LogP contribution in [0.25, 0.3) is 0 Å². The van der Waals surface area contributed by atoms with Gasteiger partial charge in [0.15, 0.2) is 0 Å². The van der Waals surface area contributed by atoms with Crippen LogP contribution in [0.5, 0.6) is 0 Å². The fourth-order valence-corrected chi connectivity index (χ4v) is 2.77. The normalized spacial score (nSPS) is 26.0. The lowest BCUT2D eigenvalue weighted by atomic mass is 9.92. The molecule has 0 radical (unpaired) electrons. The molecule has 0 aliphatic carbocycles. The number of rotatable bonds is 3. The predicted molar refractivity (Wildman–Crippen MR) is 81.0 cm³/mol. The molecule has 114 valence electrons. The van der Waals surface area contributed by atoms with Gasteiger partial charge in [0.1, 0.15) is 17.4 Å². The smallest absolute Gasteiger partial charge is 0.248 e. The van der Waals surface area contributed by atoms with Gasteiger partial charge in [-0.1, -0.05) is 13.0 Å². The van der Waals surface area contributed by atoms with E-state index in [1.165, 1.54) is 6.07 Å². The maximum Gasteiger partial charge on any atom is 0.248 e. The van der Waals surface area contributed by atoms with Crippen molar-refractivity contribution in [3.8, 4) is 0 Å². The summed E-state index contributed by atoms with van der Waals surface area (Å²) in [7, 11) is 0. The average Bonchev–Trinajstić information content (AvgIpc) is 2.45.